The van der Waals surface area contributed by atoms with Crippen LogP contribution in [-0.2, 0) is 25.7 Å². The van der Waals surface area contributed by atoms with E-state index in [0.717, 1.165) is 17.2 Å². The zero-order valence-corrected chi connectivity index (χ0v) is 14.8. The molecule has 136 valence electrons. The summed E-state index contributed by atoms with van der Waals surface area (Å²) in [7, 11) is 0. The van der Waals surface area contributed by atoms with Crippen molar-refractivity contribution in [3.8, 4) is 5.75 Å². The van der Waals surface area contributed by atoms with Crippen molar-refractivity contribution < 1.29 is 23.9 Å². The van der Waals surface area contributed by atoms with Gasteiger partial charge in [-0.05, 0) is 36.3 Å². The molecule has 0 saturated heterocycles. The quantitative estimate of drug-likeness (QED) is 0.447. The van der Waals surface area contributed by atoms with Crippen LogP contribution in [0.25, 0.3) is 6.08 Å². The van der Waals surface area contributed by atoms with Crippen LogP contribution in [0.4, 0.5) is 0 Å². The highest BCUT2D eigenvalue weighted by Crippen LogP contribution is 2.19. The van der Waals surface area contributed by atoms with E-state index in [1.165, 1.54) is 13.0 Å². The lowest BCUT2D eigenvalue weighted by atomic mass is 9.96. The fraction of sp³-hybridized carbons (Fsp3) is 0.136. The Bertz CT molecular complexity index is 925. The van der Waals surface area contributed by atoms with E-state index in [0.29, 0.717) is 12.4 Å². The van der Waals surface area contributed by atoms with Crippen molar-refractivity contribution in [2.45, 2.75) is 13.5 Å². The normalized spacial score (nSPS) is 16.8. The molecule has 1 aliphatic rings. The average molecular weight is 362 g/mol. The number of hydrogen-bond donors (Lipinski definition) is 0. The van der Waals surface area contributed by atoms with Crippen LogP contribution in [0.5, 0.6) is 5.75 Å². The number of carbonyl (C=O) groups excluding carboxylic acids is 3. The van der Waals surface area contributed by atoms with Crippen molar-refractivity contribution in [2.24, 2.45) is 5.92 Å². The minimum absolute atomic E-state index is 0.196. The van der Waals surface area contributed by atoms with Gasteiger partial charge in [-0.25, -0.2) is 0 Å². The van der Waals surface area contributed by atoms with Gasteiger partial charge < -0.3 is 9.47 Å². The molecule has 5 nitrogen and oxygen atoms in total. The van der Waals surface area contributed by atoms with Gasteiger partial charge >= 0.3 is 5.97 Å². The zero-order chi connectivity index (χ0) is 19.2. The number of ether oxygens (including phenoxy) is 2. The lowest BCUT2D eigenvalue weighted by Crippen LogP contribution is -2.34. The zero-order valence-electron chi connectivity index (χ0n) is 14.8. The van der Waals surface area contributed by atoms with Crippen molar-refractivity contribution in [1.82, 2.24) is 0 Å². The van der Waals surface area contributed by atoms with E-state index in [2.05, 4.69) is 0 Å². The van der Waals surface area contributed by atoms with Crippen LogP contribution in [-0.4, -0.2) is 17.5 Å². The fourth-order valence-corrected chi connectivity index (χ4v) is 2.63. The van der Waals surface area contributed by atoms with Crippen LogP contribution in [0.2, 0.25) is 0 Å². The summed E-state index contributed by atoms with van der Waals surface area (Å²) in [4.78, 5) is 35.9. The largest absolute Gasteiger partial charge is 0.489 e. The molecular formula is C22H18O5. The summed E-state index contributed by atoms with van der Waals surface area (Å²) in [5.41, 5.74) is 1.77. The molecule has 0 bridgehead atoms. The molecular weight excluding hydrogens is 344 g/mol. The number of benzene rings is 2. The van der Waals surface area contributed by atoms with Gasteiger partial charge in [-0.1, -0.05) is 48.5 Å². The third-order valence-corrected chi connectivity index (χ3v) is 3.96. The Morgan fingerprint density at radius 1 is 1.11 bits per heavy atom. The maximum Gasteiger partial charge on any atom is 0.329 e. The molecule has 0 radical (unpaired) electrons. The third-order valence-electron chi connectivity index (χ3n) is 3.96. The monoisotopic (exact) mass is 362 g/mol. The van der Waals surface area contributed by atoms with Gasteiger partial charge in [0.05, 0.1) is 0 Å². The summed E-state index contributed by atoms with van der Waals surface area (Å²) in [5.74, 6) is -2.58. The van der Waals surface area contributed by atoms with Crippen molar-refractivity contribution in [2.75, 3.05) is 0 Å². The Morgan fingerprint density at radius 2 is 1.89 bits per heavy atom. The smallest absolute Gasteiger partial charge is 0.329 e. The SMILES string of the molecule is CC1=CC(=O)C(C(=O)/C=C/c2cccc(OCc3ccccc3)c2)C(=O)O1. The first-order chi connectivity index (χ1) is 13.0. The Balaban J connectivity index is 1.66. The summed E-state index contributed by atoms with van der Waals surface area (Å²) >= 11 is 0. The van der Waals surface area contributed by atoms with Gasteiger partial charge in [0.15, 0.2) is 17.5 Å². The molecule has 0 amide bonds. The molecule has 1 heterocycles. The number of rotatable bonds is 6. The summed E-state index contributed by atoms with van der Waals surface area (Å²) < 4.78 is 10.6. The second-order valence-electron chi connectivity index (χ2n) is 6.09. The predicted octanol–water partition coefficient (Wildman–Crippen LogP) is 3.49. The maximum atomic E-state index is 12.2. The molecule has 27 heavy (non-hydrogen) atoms. The van der Waals surface area contributed by atoms with E-state index >= 15 is 0 Å². The van der Waals surface area contributed by atoms with Gasteiger partial charge in [-0.3, -0.25) is 14.4 Å². The fourth-order valence-electron chi connectivity index (χ4n) is 2.63. The molecule has 1 atom stereocenters. The van der Waals surface area contributed by atoms with E-state index < -0.39 is 23.5 Å². The third kappa shape index (κ3) is 4.79. The van der Waals surface area contributed by atoms with Crippen LogP contribution in [0, 0.1) is 5.92 Å². The molecule has 0 aliphatic carbocycles. The van der Waals surface area contributed by atoms with E-state index in [1.807, 2.05) is 36.4 Å². The highest BCUT2D eigenvalue weighted by molar-refractivity contribution is 6.25. The van der Waals surface area contributed by atoms with Crippen molar-refractivity contribution in [3.05, 3.63) is 83.6 Å². The number of cyclic esters (lactones) is 1. The van der Waals surface area contributed by atoms with E-state index in [-0.39, 0.29) is 5.76 Å². The molecule has 0 N–H and O–H groups in total. The number of carbonyl (C=O) groups is 3. The molecule has 3 rings (SSSR count). The van der Waals surface area contributed by atoms with Crippen LogP contribution in [0.1, 0.15) is 18.1 Å². The molecule has 0 aromatic heterocycles. The topological polar surface area (TPSA) is 69.7 Å². The molecule has 0 fully saturated rings. The van der Waals surface area contributed by atoms with E-state index in [9.17, 15) is 14.4 Å². The lowest BCUT2D eigenvalue weighted by Gasteiger charge is -2.15. The summed E-state index contributed by atoms with van der Waals surface area (Å²) in [6.45, 7) is 1.92. The maximum absolute atomic E-state index is 12.2. The van der Waals surface area contributed by atoms with Crippen LogP contribution in [0.3, 0.4) is 0 Å². The second kappa shape index (κ2) is 8.27. The minimum Gasteiger partial charge on any atom is -0.489 e. The Morgan fingerprint density at radius 3 is 2.63 bits per heavy atom. The average Bonchev–Trinajstić information content (AvgIpc) is 2.65. The number of allylic oxidation sites excluding steroid dienone is 3. The van der Waals surface area contributed by atoms with Gasteiger partial charge in [0, 0.05) is 6.08 Å². The predicted molar refractivity (Wildman–Crippen MR) is 99.6 cm³/mol. The molecule has 0 spiro atoms. The number of hydrogen-bond acceptors (Lipinski definition) is 5. The first-order valence-corrected chi connectivity index (χ1v) is 8.45. The highest BCUT2D eigenvalue weighted by Gasteiger charge is 2.36. The van der Waals surface area contributed by atoms with Crippen LogP contribution >= 0.6 is 0 Å². The summed E-state index contributed by atoms with van der Waals surface area (Å²) in [6, 6.07) is 17.0. The van der Waals surface area contributed by atoms with E-state index in [1.54, 1.807) is 24.3 Å². The Hall–Kier alpha value is -3.47. The minimum atomic E-state index is -1.43. The molecule has 0 saturated carbocycles. The molecule has 5 heteroatoms. The van der Waals surface area contributed by atoms with Crippen LogP contribution < -0.4 is 4.74 Å². The van der Waals surface area contributed by atoms with E-state index in [4.69, 9.17) is 9.47 Å². The van der Waals surface area contributed by atoms with Crippen molar-refractivity contribution >= 4 is 23.6 Å². The van der Waals surface area contributed by atoms with Gasteiger partial charge in [0.1, 0.15) is 18.1 Å². The Kier molecular flexibility index (Phi) is 5.61. The lowest BCUT2D eigenvalue weighted by molar-refractivity contribution is -0.151. The van der Waals surface area contributed by atoms with Gasteiger partial charge in [0.25, 0.3) is 0 Å². The standard InChI is InChI=1S/C22H18O5/c1-15-12-20(24)21(22(25)27-15)19(23)11-10-16-8-5-9-18(13-16)26-14-17-6-3-2-4-7-17/h2-13,21H,14H2,1H3/b11-10+. The van der Waals surface area contributed by atoms with Crippen LogP contribution in [0.15, 0.2) is 72.5 Å². The first-order valence-electron chi connectivity index (χ1n) is 8.45. The van der Waals surface area contributed by atoms with Gasteiger partial charge in [0.2, 0.25) is 0 Å². The molecule has 1 unspecified atom stereocenters. The Labute approximate surface area is 156 Å². The van der Waals surface area contributed by atoms with Gasteiger partial charge in [-0.15, -0.1) is 0 Å². The number of ketones is 2. The van der Waals surface area contributed by atoms with Gasteiger partial charge in [-0.2, -0.15) is 0 Å². The molecule has 1 aliphatic heterocycles. The first kappa shape index (κ1) is 18.3. The summed E-state index contributed by atoms with van der Waals surface area (Å²) in [5, 5.41) is 0. The second-order valence-corrected chi connectivity index (χ2v) is 6.09. The van der Waals surface area contributed by atoms with Crippen molar-refractivity contribution in [1.29, 1.82) is 0 Å². The highest BCUT2D eigenvalue weighted by atomic mass is 16.5. The van der Waals surface area contributed by atoms with Crippen molar-refractivity contribution in [3.63, 3.8) is 0 Å². The molecule has 2 aromatic rings. The number of esters is 1. The molecule has 2 aromatic carbocycles. The summed E-state index contributed by atoms with van der Waals surface area (Å²) in [6.07, 6.45) is 3.92.